The van der Waals surface area contributed by atoms with Crippen molar-refractivity contribution in [2.24, 2.45) is 5.92 Å². The van der Waals surface area contributed by atoms with Crippen molar-refractivity contribution in [1.29, 1.82) is 0 Å². The summed E-state index contributed by atoms with van der Waals surface area (Å²) >= 11 is 1.33. The monoisotopic (exact) mass is 270 g/mol. The van der Waals surface area contributed by atoms with Crippen molar-refractivity contribution in [2.75, 3.05) is 14.2 Å². The maximum atomic E-state index is 11.1. The predicted molar refractivity (Wildman–Crippen MR) is 70.3 cm³/mol. The smallest absolute Gasteiger partial charge is 0.220 e. The number of aldehydes is 1. The van der Waals surface area contributed by atoms with Gasteiger partial charge in [0.2, 0.25) is 11.8 Å². The number of hydrogen-bond donors (Lipinski definition) is 0. The molecule has 0 saturated carbocycles. The Labute approximate surface area is 111 Å². The number of methoxy groups -OCH3 is 2. The summed E-state index contributed by atoms with van der Waals surface area (Å²) in [7, 11) is 3.06. The molecule has 1 heterocycles. The molecular formula is C12H18N2O3S. The molecule has 0 bridgehead atoms. The fraction of sp³-hybridized carbons (Fsp3) is 0.583. The van der Waals surface area contributed by atoms with Crippen molar-refractivity contribution >= 4 is 18.0 Å². The van der Waals surface area contributed by atoms with Crippen LogP contribution in [0.2, 0.25) is 0 Å². The van der Waals surface area contributed by atoms with E-state index in [1.807, 2.05) is 6.92 Å². The molecular weight excluding hydrogens is 252 g/mol. The molecule has 1 rings (SSSR count). The van der Waals surface area contributed by atoms with Gasteiger partial charge >= 0.3 is 0 Å². The molecule has 2 atom stereocenters. The van der Waals surface area contributed by atoms with E-state index in [0.29, 0.717) is 16.9 Å². The van der Waals surface area contributed by atoms with E-state index in [4.69, 9.17) is 9.47 Å². The Morgan fingerprint density at radius 1 is 1.33 bits per heavy atom. The SMILES string of the molecule is CCC(C)C(C=O)Sc1nc(OC)cc(OC)n1. The summed E-state index contributed by atoms with van der Waals surface area (Å²) < 4.78 is 10.1. The van der Waals surface area contributed by atoms with Gasteiger partial charge in [-0.1, -0.05) is 32.0 Å². The molecule has 100 valence electrons. The number of ether oxygens (including phenoxy) is 2. The zero-order valence-electron chi connectivity index (χ0n) is 11.0. The number of nitrogens with zero attached hydrogens (tertiary/aromatic N) is 2. The summed E-state index contributed by atoms with van der Waals surface area (Å²) in [6.07, 6.45) is 1.87. The lowest BCUT2D eigenvalue weighted by molar-refractivity contribution is -0.108. The average Bonchev–Trinajstić information content (AvgIpc) is 2.43. The minimum absolute atomic E-state index is 0.160. The van der Waals surface area contributed by atoms with Crippen LogP contribution in [0.25, 0.3) is 0 Å². The van der Waals surface area contributed by atoms with Crippen molar-refractivity contribution in [1.82, 2.24) is 9.97 Å². The minimum Gasteiger partial charge on any atom is -0.481 e. The van der Waals surface area contributed by atoms with E-state index in [2.05, 4.69) is 16.9 Å². The largest absolute Gasteiger partial charge is 0.481 e. The van der Waals surface area contributed by atoms with Gasteiger partial charge in [-0.15, -0.1) is 0 Å². The first-order valence-electron chi connectivity index (χ1n) is 5.73. The number of rotatable bonds is 7. The maximum absolute atomic E-state index is 11.1. The fourth-order valence-corrected chi connectivity index (χ4v) is 2.29. The highest BCUT2D eigenvalue weighted by molar-refractivity contribution is 8.00. The van der Waals surface area contributed by atoms with Crippen LogP contribution >= 0.6 is 11.8 Å². The second-order valence-corrected chi connectivity index (χ2v) is 4.98. The first-order valence-corrected chi connectivity index (χ1v) is 6.61. The highest BCUT2D eigenvalue weighted by Gasteiger charge is 2.19. The third-order valence-electron chi connectivity index (χ3n) is 2.66. The van der Waals surface area contributed by atoms with E-state index in [-0.39, 0.29) is 11.2 Å². The third-order valence-corrected chi connectivity index (χ3v) is 3.90. The van der Waals surface area contributed by atoms with E-state index in [0.717, 1.165) is 12.7 Å². The Hall–Kier alpha value is -1.30. The van der Waals surface area contributed by atoms with E-state index in [9.17, 15) is 4.79 Å². The summed E-state index contributed by atoms with van der Waals surface area (Å²) in [4.78, 5) is 19.5. The number of thioether (sulfide) groups is 1. The molecule has 1 aromatic rings. The van der Waals surface area contributed by atoms with Gasteiger partial charge in [-0.3, -0.25) is 0 Å². The van der Waals surface area contributed by atoms with Crippen LogP contribution in [0.15, 0.2) is 11.2 Å². The normalized spacial score (nSPS) is 13.8. The molecule has 0 radical (unpaired) electrons. The van der Waals surface area contributed by atoms with E-state index in [1.54, 1.807) is 6.07 Å². The highest BCUT2D eigenvalue weighted by atomic mass is 32.2. The first kappa shape index (κ1) is 14.8. The summed E-state index contributed by atoms with van der Waals surface area (Å²) in [5.74, 6) is 1.13. The summed E-state index contributed by atoms with van der Waals surface area (Å²) in [6, 6.07) is 1.60. The molecule has 0 amide bonds. The fourth-order valence-electron chi connectivity index (χ4n) is 1.28. The Morgan fingerprint density at radius 3 is 2.28 bits per heavy atom. The zero-order valence-corrected chi connectivity index (χ0v) is 11.9. The molecule has 0 spiro atoms. The Bertz CT molecular complexity index is 379. The Morgan fingerprint density at radius 2 is 1.89 bits per heavy atom. The zero-order chi connectivity index (χ0) is 13.5. The van der Waals surface area contributed by atoms with Crippen LogP contribution in [-0.4, -0.2) is 35.7 Å². The second-order valence-electron chi connectivity index (χ2n) is 3.84. The molecule has 0 aliphatic heterocycles. The quantitative estimate of drug-likeness (QED) is 0.430. The van der Waals surface area contributed by atoms with Crippen molar-refractivity contribution in [3.63, 3.8) is 0 Å². The molecule has 0 fully saturated rings. The van der Waals surface area contributed by atoms with Gasteiger partial charge in [-0.25, -0.2) is 0 Å². The van der Waals surface area contributed by atoms with Crippen LogP contribution in [-0.2, 0) is 4.79 Å². The van der Waals surface area contributed by atoms with Gasteiger partial charge < -0.3 is 14.3 Å². The lowest BCUT2D eigenvalue weighted by Crippen LogP contribution is -2.15. The standard InChI is InChI=1S/C12H18N2O3S/c1-5-8(2)9(7-15)18-12-13-10(16-3)6-11(14-12)17-4/h6-9H,5H2,1-4H3. The molecule has 0 aromatic carbocycles. The maximum Gasteiger partial charge on any atom is 0.220 e. The third kappa shape index (κ3) is 3.87. The van der Waals surface area contributed by atoms with E-state index in [1.165, 1.54) is 26.0 Å². The Kier molecular flexibility index (Phi) is 5.91. The number of carbonyl (C=O) groups excluding carboxylic acids is 1. The number of carbonyl (C=O) groups is 1. The lowest BCUT2D eigenvalue weighted by atomic mass is 10.1. The van der Waals surface area contributed by atoms with Crippen molar-refractivity contribution in [2.45, 2.75) is 30.7 Å². The summed E-state index contributed by atoms with van der Waals surface area (Å²) in [5.41, 5.74) is 0. The van der Waals surface area contributed by atoms with Gasteiger partial charge in [0.05, 0.1) is 25.5 Å². The lowest BCUT2D eigenvalue weighted by Gasteiger charge is -2.15. The molecule has 0 N–H and O–H groups in total. The van der Waals surface area contributed by atoms with Crippen molar-refractivity contribution in [3.8, 4) is 11.8 Å². The topological polar surface area (TPSA) is 61.3 Å². The van der Waals surface area contributed by atoms with Gasteiger partial charge in [-0.2, -0.15) is 9.97 Å². The predicted octanol–water partition coefficient (Wildman–Crippen LogP) is 2.20. The van der Waals surface area contributed by atoms with Crippen LogP contribution in [0.4, 0.5) is 0 Å². The highest BCUT2D eigenvalue weighted by Crippen LogP contribution is 2.28. The minimum atomic E-state index is -0.160. The average molecular weight is 270 g/mol. The van der Waals surface area contributed by atoms with Crippen LogP contribution in [0.1, 0.15) is 20.3 Å². The van der Waals surface area contributed by atoms with Crippen molar-refractivity contribution in [3.05, 3.63) is 6.07 Å². The first-order chi connectivity index (χ1) is 8.64. The molecule has 18 heavy (non-hydrogen) atoms. The van der Waals surface area contributed by atoms with Crippen LogP contribution in [0, 0.1) is 5.92 Å². The molecule has 0 aliphatic carbocycles. The van der Waals surface area contributed by atoms with Gasteiger partial charge in [0, 0.05) is 0 Å². The van der Waals surface area contributed by atoms with E-state index >= 15 is 0 Å². The molecule has 6 heteroatoms. The number of hydrogen-bond acceptors (Lipinski definition) is 6. The molecule has 0 aliphatic rings. The molecule has 1 aromatic heterocycles. The van der Waals surface area contributed by atoms with Crippen molar-refractivity contribution < 1.29 is 14.3 Å². The van der Waals surface area contributed by atoms with E-state index < -0.39 is 0 Å². The second kappa shape index (κ2) is 7.20. The molecule has 5 nitrogen and oxygen atoms in total. The van der Waals surface area contributed by atoms with Gasteiger partial charge in [0.25, 0.3) is 0 Å². The summed E-state index contributed by atoms with van der Waals surface area (Å²) in [6.45, 7) is 4.08. The van der Waals surface area contributed by atoms with Crippen LogP contribution in [0.3, 0.4) is 0 Å². The molecule has 2 unspecified atom stereocenters. The van der Waals surface area contributed by atoms with Crippen LogP contribution < -0.4 is 9.47 Å². The van der Waals surface area contributed by atoms with Crippen LogP contribution in [0.5, 0.6) is 11.8 Å². The summed E-state index contributed by atoms with van der Waals surface area (Å²) in [5, 5.41) is 0.329. The number of aromatic nitrogens is 2. The molecule has 0 saturated heterocycles. The Balaban J connectivity index is 2.91. The van der Waals surface area contributed by atoms with Gasteiger partial charge in [0.1, 0.15) is 6.29 Å². The van der Waals surface area contributed by atoms with Gasteiger partial charge in [0.15, 0.2) is 5.16 Å². The van der Waals surface area contributed by atoms with Gasteiger partial charge in [-0.05, 0) is 5.92 Å².